The lowest BCUT2D eigenvalue weighted by molar-refractivity contribution is 0.348. The van der Waals surface area contributed by atoms with Crippen LogP contribution in [0.3, 0.4) is 0 Å². The minimum atomic E-state index is -3.98. The first kappa shape index (κ1) is 35.8. The van der Waals surface area contributed by atoms with Gasteiger partial charge in [0.1, 0.15) is 0 Å². The molecule has 0 aliphatic carbocycles. The zero-order valence-electron chi connectivity index (χ0n) is 28.5. The van der Waals surface area contributed by atoms with Crippen LogP contribution < -0.4 is 0 Å². The van der Waals surface area contributed by atoms with Gasteiger partial charge in [0, 0.05) is 13.1 Å². The summed E-state index contributed by atoms with van der Waals surface area (Å²) < 4.78 is 62.1. The molecule has 0 spiro atoms. The Hall–Kier alpha value is -5.02. The highest BCUT2D eigenvalue weighted by molar-refractivity contribution is 7.89. The van der Waals surface area contributed by atoms with Crippen LogP contribution in [0.5, 0.6) is 0 Å². The maximum Gasteiger partial charge on any atom is 0.243 e. The highest BCUT2D eigenvalue weighted by Gasteiger charge is 2.29. The summed E-state index contributed by atoms with van der Waals surface area (Å²) in [7, 11) is -7.96. The number of benzene rings is 4. The topological polar surface area (TPSA) is 136 Å². The Labute approximate surface area is 299 Å². The van der Waals surface area contributed by atoms with Crippen LogP contribution in [0, 0.1) is 13.8 Å². The average molecular weight is 725 g/mol. The number of nitrogens with zero attached hydrogens (tertiary/aromatic N) is 8. The molecule has 2 heterocycles. The first-order valence-corrected chi connectivity index (χ1v) is 19.4. The molecule has 6 rings (SSSR count). The SMILES string of the molecule is Cc1ccc(S(=O)(=O)N(CCCN(Cc2cn(Cc3ccccc3)nn2)S(=O)(=O)c2ccc(C)cc2)Cc2cn(Cc3ccccc3)nn2)cc1. The second-order valence-corrected chi connectivity index (χ2v) is 16.3. The Morgan fingerprint density at radius 2 is 0.902 bits per heavy atom. The quantitative estimate of drug-likeness (QED) is 0.135. The third-order valence-corrected chi connectivity index (χ3v) is 12.1. The van der Waals surface area contributed by atoms with E-state index in [1.807, 2.05) is 74.5 Å². The Morgan fingerprint density at radius 3 is 1.27 bits per heavy atom. The maximum absolute atomic E-state index is 14.0. The number of hydrogen-bond acceptors (Lipinski definition) is 8. The van der Waals surface area contributed by atoms with Crippen molar-refractivity contribution in [3.8, 4) is 0 Å². The molecular formula is C37H40N8O4S2. The fourth-order valence-electron chi connectivity index (χ4n) is 5.59. The fourth-order valence-corrected chi connectivity index (χ4v) is 8.49. The van der Waals surface area contributed by atoms with Crippen molar-refractivity contribution >= 4 is 20.0 Å². The summed E-state index contributed by atoms with van der Waals surface area (Å²) in [4.78, 5) is 0.285. The van der Waals surface area contributed by atoms with E-state index in [2.05, 4.69) is 20.6 Å². The molecule has 14 heteroatoms. The van der Waals surface area contributed by atoms with E-state index in [0.717, 1.165) is 22.3 Å². The van der Waals surface area contributed by atoms with Gasteiger partial charge < -0.3 is 0 Å². The minimum Gasteiger partial charge on any atom is -0.248 e. The molecule has 0 aliphatic rings. The molecule has 0 unspecified atom stereocenters. The molecule has 0 saturated heterocycles. The van der Waals surface area contributed by atoms with Crippen LogP contribution >= 0.6 is 0 Å². The summed E-state index contributed by atoms with van der Waals surface area (Å²) in [6.07, 6.45) is 3.67. The summed E-state index contributed by atoms with van der Waals surface area (Å²) in [5.41, 5.74) is 4.88. The standard InChI is InChI=1S/C37H40N8O4S2/c1-30-14-18-36(19-15-30)50(46,47)44(28-34-26-42(40-38-34)24-32-10-5-3-6-11-32)22-9-23-45(51(48,49)37-20-16-31(2)17-21-37)29-35-27-43(41-39-35)25-33-12-7-4-8-13-33/h3-8,10-21,26-27H,9,22-25,28-29H2,1-2H3. The van der Waals surface area contributed by atoms with Gasteiger partial charge in [-0.2, -0.15) is 8.61 Å². The van der Waals surface area contributed by atoms with Gasteiger partial charge in [0.15, 0.2) is 0 Å². The van der Waals surface area contributed by atoms with Crippen LogP contribution in [0.1, 0.15) is 40.1 Å². The van der Waals surface area contributed by atoms with Crippen molar-refractivity contribution in [2.45, 2.75) is 56.2 Å². The normalized spacial score (nSPS) is 12.2. The summed E-state index contributed by atoms with van der Waals surface area (Å²) in [5.74, 6) is 0. The second kappa shape index (κ2) is 15.9. The third kappa shape index (κ3) is 9.21. The lowest BCUT2D eigenvalue weighted by atomic mass is 10.2. The number of hydrogen-bond donors (Lipinski definition) is 0. The van der Waals surface area contributed by atoms with E-state index in [1.165, 1.54) is 8.61 Å². The van der Waals surface area contributed by atoms with Gasteiger partial charge in [0.05, 0.1) is 59.8 Å². The van der Waals surface area contributed by atoms with Crippen LogP contribution in [0.25, 0.3) is 0 Å². The van der Waals surface area contributed by atoms with Gasteiger partial charge >= 0.3 is 0 Å². The largest absolute Gasteiger partial charge is 0.248 e. The van der Waals surface area contributed by atoms with Crippen molar-refractivity contribution in [1.29, 1.82) is 0 Å². The van der Waals surface area contributed by atoms with Gasteiger partial charge in [-0.15, -0.1) is 10.2 Å². The number of rotatable bonds is 16. The molecule has 6 aromatic rings. The molecule has 0 N–H and O–H groups in total. The van der Waals surface area contributed by atoms with Gasteiger partial charge in [-0.1, -0.05) is 106 Å². The molecule has 0 fully saturated rings. The Morgan fingerprint density at radius 1 is 0.529 bits per heavy atom. The van der Waals surface area contributed by atoms with Crippen LogP contribution in [-0.2, 0) is 46.2 Å². The third-order valence-electron chi connectivity index (χ3n) is 8.36. The van der Waals surface area contributed by atoms with Crippen LogP contribution in [-0.4, -0.2) is 68.5 Å². The van der Waals surface area contributed by atoms with E-state index in [4.69, 9.17) is 0 Å². The fraction of sp³-hybridized carbons (Fsp3) is 0.243. The predicted octanol–water partition coefficient (Wildman–Crippen LogP) is 5.06. The summed E-state index contributed by atoms with van der Waals surface area (Å²) in [6, 6.07) is 32.9. The number of aromatic nitrogens is 6. The highest BCUT2D eigenvalue weighted by atomic mass is 32.2. The highest BCUT2D eigenvalue weighted by Crippen LogP contribution is 2.22. The minimum absolute atomic E-state index is 0.0301. The molecule has 0 amide bonds. The Bertz CT molecular complexity index is 2080. The van der Waals surface area contributed by atoms with Crippen molar-refractivity contribution in [2.24, 2.45) is 0 Å². The molecule has 0 aliphatic heterocycles. The van der Waals surface area contributed by atoms with Gasteiger partial charge in [0.25, 0.3) is 0 Å². The summed E-state index contributed by atoms with van der Waals surface area (Å²) in [6.45, 7) is 4.74. The lowest BCUT2D eigenvalue weighted by Crippen LogP contribution is -2.36. The van der Waals surface area contributed by atoms with Crippen molar-refractivity contribution in [1.82, 2.24) is 38.6 Å². The number of sulfonamides is 2. The monoisotopic (exact) mass is 724 g/mol. The van der Waals surface area contributed by atoms with E-state index in [-0.39, 0.29) is 42.4 Å². The molecule has 2 aromatic heterocycles. The molecule has 0 radical (unpaired) electrons. The first-order valence-electron chi connectivity index (χ1n) is 16.6. The van der Waals surface area contributed by atoms with Crippen molar-refractivity contribution < 1.29 is 16.8 Å². The van der Waals surface area contributed by atoms with Gasteiger partial charge in [0.2, 0.25) is 20.0 Å². The van der Waals surface area contributed by atoms with E-state index in [9.17, 15) is 16.8 Å². The smallest absolute Gasteiger partial charge is 0.243 e. The molecule has 0 atom stereocenters. The molecule has 0 bridgehead atoms. The lowest BCUT2D eigenvalue weighted by Gasteiger charge is -2.25. The van der Waals surface area contributed by atoms with Crippen molar-refractivity contribution in [3.05, 3.63) is 155 Å². The van der Waals surface area contributed by atoms with E-state index in [1.54, 1.807) is 70.3 Å². The Balaban J connectivity index is 1.23. The van der Waals surface area contributed by atoms with Crippen LogP contribution in [0.2, 0.25) is 0 Å². The van der Waals surface area contributed by atoms with Gasteiger partial charge in [-0.3, -0.25) is 0 Å². The summed E-state index contributed by atoms with van der Waals surface area (Å²) >= 11 is 0. The van der Waals surface area contributed by atoms with Crippen molar-refractivity contribution in [2.75, 3.05) is 13.1 Å². The average Bonchev–Trinajstić information content (AvgIpc) is 3.77. The second-order valence-electron chi connectivity index (χ2n) is 12.4. The van der Waals surface area contributed by atoms with E-state index < -0.39 is 20.0 Å². The first-order chi connectivity index (χ1) is 24.6. The molecule has 0 saturated carbocycles. The zero-order chi connectivity index (χ0) is 35.8. The van der Waals surface area contributed by atoms with Crippen LogP contribution in [0.15, 0.2) is 131 Å². The molecule has 51 heavy (non-hydrogen) atoms. The molecule has 264 valence electrons. The number of aryl methyl sites for hydroxylation is 2. The Kier molecular flexibility index (Phi) is 11.2. The van der Waals surface area contributed by atoms with Gasteiger partial charge in [-0.05, 0) is 55.7 Å². The molecular weight excluding hydrogens is 685 g/mol. The van der Waals surface area contributed by atoms with E-state index >= 15 is 0 Å². The molecule has 4 aromatic carbocycles. The summed E-state index contributed by atoms with van der Waals surface area (Å²) in [5, 5.41) is 17.0. The zero-order valence-corrected chi connectivity index (χ0v) is 30.2. The predicted molar refractivity (Wildman–Crippen MR) is 193 cm³/mol. The van der Waals surface area contributed by atoms with Gasteiger partial charge in [-0.25, -0.2) is 26.2 Å². The maximum atomic E-state index is 14.0. The van der Waals surface area contributed by atoms with E-state index in [0.29, 0.717) is 24.5 Å². The van der Waals surface area contributed by atoms with Crippen LogP contribution in [0.4, 0.5) is 0 Å². The molecule has 12 nitrogen and oxygen atoms in total. The van der Waals surface area contributed by atoms with Crippen molar-refractivity contribution in [3.63, 3.8) is 0 Å².